The fourth-order valence-electron chi connectivity index (χ4n) is 0.767. The van der Waals surface area contributed by atoms with Crippen LogP contribution >= 0.6 is 11.6 Å². The van der Waals surface area contributed by atoms with E-state index in [2.05, 4.69) is 4.98 Å². The largest absolute Gasteiger partial charge is 0.291 e. The second-order valence-corrected chi connectivity index (χ2v) is 2.49. The molecule has 0 aromatic carbocycles. The van der Waals surface area contributed by atoms with Crippen molar-refractivity contribution in [2.75, 3.05) is 5.88 Å². The molecule has 0 bridgehead atoms. The Bertz CT molecular complexity index is 273. The van der Waals surface area contributed by atoms with Crippen LogP contribution in [0.15, 0.2) is 18.2 Å². The third kappa shape index (κ3) is 2.02. The number of hydrogen-bond acceptors (Lipinski definition) is 2. The van der Waals surface area contributed by atoms with Crippen molar-refractivity contribution in [2.24, 2.45) is 0 Å². The molecule has 0 aliphatic carbocycles. The van der Waals surface area contributed by atoms with Gasteiger partial charge < -0.3 is 0 Å². The molecule has 0 saturated carbocycles. The van der Waals surface area contributed by atoms with Gasteiger partial charge in [-0.25, -0.2) is 4.98 Å². The maximum Gasteiger partial charge on any atom is 0.195 e. The zero-order valence-electron chi connectivity index (χ0n) is 6.17. The van der Waals surface area contributed by atoms with Crippen LogP contribution in [-0.2, 0) is 0 Å². The molecule has 0 unspecified atom stereocenters. The van der Waals surface area contributed by atoms with E-state index in [-0.39, 0.29) is 11.7 Å². The quantitative estimate of drug-likeness (QED) is 0.499. The molecule has 0 fully saturated rings. The summed E-state index contributed by atoms with van der Waals surface area (Å²) in [6.07, 6.45) is 0. The highest BCUT2D eigenvalue weighted by atomic mass is 35.5. The number of hydrogen-bond donors (Lipinski definition) is 0. The number of carbonyl (C=O) groups is 1. The van der Waals surface area contributed by atoms with Crippen LogP contribution < -0.4 is 0 Å². The molecule has 0 aliphatic heterocycles. The lowest BCUT2D eigenvalue weighted by Gasteiger charge is -1.95. The second kappa shape index (κ2) is 3.49. The minimum Gasteiger partial charge on any atom is -0.291 e. The molecule has 0 aliphatic rings. The maximum absolute atomic E-state index is 11.0. The van der Waals surface area contributed by atoms with Gasteiger partial charge in [-0.2, -0.15) is 0 Å². The zero-order valence-corrected chi connectivity index (χ0v) is 6.93. The van der Waals surface area contributed by atoms with Gasteiger partial charge in [-0.1, -0.05) is 6.07 Å². The molecule has 11 heavy (non-hydrogen) atoms. The van der Waals surface area contributed by atoms with Crippen molar-refractivity contribution in [3.05, 3.63) is 29.6 Å². The first-order valence-corrected chi connectivity index (χ1v) is 3.80. The van der Waals surface area contributed by atoms with Crippen molar-refractivity contribution in [1.29, 1.82) is 0 Å². The highest BCUT2D eigenvalue weighted by molar-refractivity contribution is 6.30. The SMILES string of the molecule is Cc1cccc(C(=O)CCl)n1. The minimum absolute atomic E-state index is 0.00352. The molecular weight excluding hydrogens is 162 g/mol. The molecule has 1 aromatic rings. The molecular formula is C8H8ClNO. The number of aromatic nitrogens is 1. The van der Waals surface area contributed by atoms with Crippen LogP contribution in [0.5, 0.6) is 0 Å². The topological polar surface area (TPSA) is 30.0 Å². The van der Waals surface area contributed by atoms with Gasteiger partial charge in [0.25, 0.3) is 0 Å². The van der Waals surface area contributed by atoms with Crippen LogP contribution in [0.2, 0.25) is 0 Å². The molecule has 3 heteroatoms. The average molecular weight is 170 g/mol. The van der Waals surface area contributed by atoms with Crippen molar-refractivity contribution < 1.29 is 4.79 Å². The highest BCUT2D eigenvalue weighted by Gasteiger charge is 2.03. The molecule has 0 radical (unpaired) electrons. The molecule has 0 atom stereocenters. The molecule has 0 N–H and O–H groups in total. The monoisotopic (exact) mass is 169 g/mol. The number of ketones is 1. The van der Waals surface area contributed by atoms with Gasteiger partial charge in [0.15, 0.2) is 5.78 Å². The van der Waals surface area contributed by atoms with Gasteiger partial charge in [0.1, 0.15) is 5.69 Å². The third-order valence-corrected chi connectivity index (χ3v) is 1.54. The zero-order chi connectivity index (χ0) is 8.27. The second-order valence-electron chi connectivity index (χ2n) is 2.22. The summed E-state index contributed by atoms with van der Waals surface area (Å²) >= 11 is 5.35. The number of alkyl halides is 1. The minimum atomic E-state index is -0.129. The van der Waals surface area contributed by atoms with E-state index in [1.807, 2.05) is 13.0 Å². The summed E-state index contributed by atoms with van der Waals surface area (Å²) in [7, 11) is 0. The summed E-state index contributed by atoms with van der Waals surface area (Å²) < 4.78 is 0. The summed E-state index contributed by atoms with van der Waals surface area (Å²) in [6, 6.07) is 5.30. The fraction of sp³-hybridized carbons (Fsp3) is 0.250. The predicted molar refractivity (Wildman–Crippen MR) is 44.0 cm³/mol. The number of pyridine rings is 1. The number of Topliss-reactive ketones (excluding diaryl/α,β-unsaturated/α-hetero) is 1. The number of nitrogens with zero attached hydrogens (tertiary/aromatic N) is 1. The summed E-state index contributed by atoms with van der Waals surface area (Å²) in [4.78, 5) is 15.0. The number of aryl methyl sites for hydroxylation is 1. The molecule has 58 valence electrons. The van der Waals surface area contributed by atoms with Gasteiger partial charge in [0, 0.05) is 5.69 Å². The van der Waals surface area contributed by atoms with Crippen LogP contribution in [0.4, 0.5) is 0 Å². The number of carbonyl (C=O) groups excluding carboxylic acids is 1. The van der Waals surface area contributed by atoms with Crippen LogP contribution in [0.1, 0.15) is 16.2 Å². The summed E-state index contributed by atoms with van der Waals surface area (Å²) in [5.41, 5.74) is 1.28. The highest BCUT2D eigenvalue weighted by Crippen LogP contribution is 1.99. The predicted octanol–water partition coefficient (Wildman–Crippen LogP) is 1.81. The molecule has 1 rings (SSSR count). The Hall–Kier alpha value is -0.890. The Balaban J connectivity index is 2.96. The van der Waals surface area contributed by atoms with Crippen LogP contribution in [0, 0.1) is 6.92 Å². The normalized spacial score (nSPS) is 9.64. The van der Waals surface area contributed by atoms with Crippen LogP contribution in [0.25, 0.3) is 0 Å². The van der Waals surface area contributed by atoms with E-state index in [0.717, 1.165) is 5.69 Å². The Morgan fingerprint density at radius 3 is 2.91 bits per heavy atom. The first-order valence-electron chi connectivity index (χ1n) is 3.27. The lowest BCUT2D eigenvalue weighted by molar-refractivity contribution is 0.101. The van der Waals surface area contributed by atoms with Gasteiger partial charge >= 0.3 is 0 Å². The lowest BCUT2D eigenvalue weighted by atomic mass is 10.2. The van der Waals surface area contributed by atoms with E-state index < -0.39 is 0 Å². The summed E-state index contributed by atoms with van der Waals surface area (Å²) in [6.45, 7) is 1.84. The molecule has 1 heterocycles. The van der Waals surface area contributed by atoms with Crippen molar-refractivity contribution in [3.8, 4) is 0 Å². The van der Waals surface area contributed by atoms with Crippen LogP contribution in [0.3, 0.4) is 0 Å². The first-order chi connectivity index (χ1) is 5.24. The van der Waals surface area contributed by atoms with E-state index in [4.69, 9.17) is 11.6 Å². The lowest BCUT2D eigenvalue weighted by Crippen LogP contribution is -2.03. The van der Waals surface area contributed by atoms with Gasteiger partial charge in [0.05, 0.1) is 5.88 Å². The Morgan fingerprint density at radius 2 is 2.36 bits per heavy atom. The Labute approximate surface area is 70.2 Å². The van der Waals surface area contributed by atoms with E-state index in [0.29, 0.717) is 5.69 Å². The van der Waals surface area contributed by atoms with E-state index in [1.54, 1.807) is 12.1 Å². The standard InChI is InChI=1S/C8H8ClNO/c1-6-3-2-4-7(10-6)8(11)5-9/h2-4H,5H2,1H3. The van der Waals surface area contributed by atoms with Gasteiger partial charge in [-0.05, 0) is 19.1 Å². The molecule has 0 spiro atoms. The Morgan fingerprint density at radius 1 is 1.64 bits per heavy atom. The van der Waals surface area contributed by atoms with Crippen molar-refractivity contribution in [3.63, 3.8) is 0 Å². The average Bonchev–Trinajstić information content (AvgIpc) is 2.03. The van der Waals surface area contributed by atoms with Crippen molar-refractivity contribution >= 4 is 17.4 Å². The smallest absolute Gasteiger partial charge is 0.195 e. The third-order valence-electron chi connectivity index (χ3n) is 1.30. The molecule has 1 aromatic heterocycles. The Kier molecular flexibility index (Phi) is 2.60. The number of halogens is 1. The van der Waals surface area contributed by atoms with E-state index in [1.165, 1.54) is 0 Å². The van der Waals surface area contributed by atoms with Crippen LogP contribution in [-0.4, -0.2) is 16.6 Å². The van der Waals surface area contributed by atoms with Crippen molar-refractivity contribution in [1.82, 2.24) is 4.98 Å². The van der Waals surface area contributed by atoms with Crippen molar-refractivity contribution in [2.45, 2.75) is 6.92 Å². The van der Waals surface area contributed by atoms with Gasteiger partial charge in [-0.15, -0.1) is 11.6 Å². The molecule has 0 amide bonds. The maximum atomic E-state index is 11.0. The fourth-order valence-corrected chi connectivity index (χ4v) is 0.904. The number of rotatable bonds is 2. The molecule has 0 saturated heterocycles. The summed E-state index contributed by atoms with van der Waals surface area (Å²) in [5.74, 6) is -0.133. The van der Waals surface area contributed by atoms with E-state index >= 15 is 0 Å². The first kappa shape index (κ1) is 8.21. The summed E-state index contributed by atoms with van der Waals surface area (Å²) in [5, 5.41) is 0. The molecule has 2 nitrogen and oxygen atoms in total. The van der Waals surface area contributed by atoms with Gasteiger partial charge in [-0.3, -0.25) is 4.79 Å². The van der Waals surface area contributed by atoms with E-state index in [9.17, 15) is 4.79 Å². The van der Waals surface area contributed by atoms with Gasteiger partial charge in [0.2, 0.25) is 0 Å².